The Kier molecular flexibility index (Phi) is 10.8. The highest BCUT2D eigenvalue weighted by Gasteiger charge is 2.21. The van der Waals surface area contributed by atoms with Crippen LogP contribution in [0.5, 0.6) is 11.5 Å². The van der Waals surface area contributed by atoms with Crippen molar-refractivity contribution >= 4 is 46.6 Å². The van der Waals surface area contributed by atoms with Gasteiger partial charge in [0, 0.05) is 22.5 Å². The van der Waals surface area contributed by atoms with Crippen molar-refractivity contribution in [3.63, 3.8) is 0 Å². The van der Waals surface area contributed by atoms with Crippen LogP contribution in [0.3, 0.4) is 0 Å². The lowest BCUT2D eigenvalue weighted by Crippen LogP contribution is -2.10. The minimum Gasteiger partial charge on any atom is -0.490 e. The molecule has 3 aromatic carbocycles. The molecule has 0 saturated carbocycles. The van der Waals surface area contributed by atoms with Crippen LogP contribution in [0.15, 0.2) is 60.7 Å². The summed E-state index contributed by atoms with van der Waals surface area (Å²) in [5, 5.41) is 19.6. The second-order valence-corrected chi connectivity index (χ2v) is 11.0. The summed E-state index contributed by atoms with van der Waals surface area (Å²) in [7, 11) is 0. The number of nitrogens with zero attached hydrogens (tertiary/aromatic N) is 1. The number of aromatic nitrogens is 1. The maximum absolute atomic E-state index is 15.1. The molecule has 44 heavy (non-hydrogen) atoms. The molecule has 1 heterocycles. The van der Waals surface area contributed by atoms with E-state index >= 15 is 4.39 Å². The quantitative estimate of drug-likeness (QED) is 0.109. The predicted octanol–water partition coefficient (Wildman–Crippen LogP) is 8.04. The number of ether oxygens (including phenoxy) is 2. The number of halogens is 2. The maximum atomic E-state index is 15.1. The van der Waals surface area contributed by atoms with E-state index in [1.54, 1.807) is 17.6 Å². The van der Waals surface area contributed by atoms with E-state index in [1.807, 2.05) is 74.5 Å². The molecule has 230 valence electrons. The van der Waals surface area contributed by atoms with Crippen molar-refractivity contribution in [2.24, 2.45) is 0 Å². The van der Waals surface area contributed by atoms with Gasteiger partial charge < -0.3 is 24.3 Å². The molecule has 0 radical (unpaired) electrons. The second kappa shape index (κ2) is 14.8. The van der Waals surface area contributed by atoms with Crippen LogP contribution in [0.25, 0.3) is 23.1 Å². The summed E-state index contributed by atoms with van der Waals surface area (Å²) in [6.45, 7) is 6.11. The molecule has 0 aliphatic rings. The van der Waals surface area contributed by atoms with Crippen LogP contribution in [0, 0.1) is 26.6 Å². The number of benzene rings is 3. The lowest BCUT2D eigenvalue weighted by Gasteiger charge is -2.11. The van der Waals surface area contributed by atoms with E-state index in [0.29, 0.717) is 64.6 Å². The van der Waals surface area contributed by atoms with E-state index in [-0.39, 0.29) is 13.0 Å². The minimum absolute atomic E-state index is 0.0551. The molecule has 0 bridgehead atoms. The Hall–Kier alpha value is -4.56. The van der Waals surface area contributed by atoms with Gasteiger partial charge in [-0.1, -0.05) is 35.9 Å². The third kappa shape index (κ3) is 8.08. The highest BCUT2D eigenvalue weighted by atomic mass is 35.5. The van der Waals surface area contributed by atoms with Crippen molar-refractivity contribution in [1.29, 1.82) is 0 Å². The minimum atomic E-state index is -1.05. The summed E-state index contributed by atoms with van der Waals surface area (Å²) < 4.78 is 28.4. The van der Waals surface area contributed by atoms with Gasteiger partial charge in [0.1, 0.15) is 37.1 Å². The third-order valence-corrected chi connectivity index (χ3v) is 7.50. The lowest BCUT2D eigenvalue weighted by molar-refractivity contribution is -0.138. The van der Waals surface area contributed by atoms with Crippen LogP contribution < -0.4 is 9.47 Å². The topological polar surface area (TPSA) is 98.0 Å². The zero-order valence-electron chi connectivity index (χ0n) is 24.9. The number of carbonyl (C=O) groups is 2. The molecular formula is C35H35ClFNO6. The molecule has 9 heteroatoms. The summed E-state index contributed by atoms with van der Waals surface area (Å²) in [6.07, 6.45) is 8.07. The van der Waals surface area contributed by atoms with Gasteiger partial charge in [-0.3, -0.25) is 9.59 Å². The normalized spacial score (nSPS) is 11.6. The Morgan fingerprint density at radius 2 is 1.57 bits per heavy atom. The highest BCUT2D eigenvalue weighted by molar-refractivity contribution is 6.30. The third-order valence-electron chi connectivity index (χ3n) is 7.28. The van der Waals surface area contributed by atoms with E-state index in [2.05, 4.69) is 0 Å². The summed E-state index contributed by atoms with van der Waals surface area (Å²) in [4.78, 5) is 22.7. The van der Waals surface area contributed by atoms with E-state index in [4.69, 9.17) is 26.2 Å². The number of carboxylic acids is 2. The lowest BCUT2D eigenvalue weighted by atomic mass is 10.0. The number of fused-ring (bicyclic) bond motifs is 1. The maximum Gasteiger partial charge on any atom is 0.323 e. The van der Waals surface area contributed by atoms with Crippen LogP contribution in [0.4, 0.5) is 4.39 Å². The molecule has 0 fully saturated rings. The zero-order chi connectivity index (χ0) is 31.8. The van der Waals surface area contributed by atoms with Gasteiger partial charge in [0.05, 0.1) is 5.52 Å². The fourth-order valence-electron chi connectivity index (χ4n) is 5.26. The molecule has 0 saturated heterocycles. The average Bonchev–Trinajstić information content (AvgIpc) is 3.23. The van der Waals surface area contributed by atoms with Crippen molar-refractivity contribution in [3.8, 4) is 11.5 Å². The molecule has 0 atom stereocenters. The van der Waals surface area contributed by atoms with Gasteiger partial charge in [-0.2, -0.15) is 0 Å². The van der Waals surface area contributed by atoms with Crippen LogP contribution in [0.2, 0.25) is 5.02 Å². The van der Waals surface area contributed by atoms with Gasteiger partial charge in [0.25, 0.3) is 0 Å². The first-order valence-electron chi connectivity index (χ1n) is 14.2. The summed E-state index contributed by atoms with van der Waals surface area (Å²) in [5.41, 5.74) is 5.23. The summed E-state index contributed by atoms with van der Waals surface area (Å²) >= 11 is 6.08. The number of carboxylic acid groups (broad SMARTS) is 2. The number of hydrogen-bond acceptors (Lipinski definition) is 4. The number of rotatable bonds is 14. The van der Waals surface area contributed by atoms with Crippen LogP contribution >= 0.6 is 11.6 Å². The Bertz CT molecular complexity index is 1700. The van der Waals surface area contributed by atoms with E-state index < -0.39 is 17.8 Å². The van der Waals surface area contributed by atoms with Gasteiger partial charge in [0.15, 0.2) is 0 Å². The van der Waals surface area contributed by atoms with Crippen molar-refractivity contribution in [1.82, 2.24) is 4.57 Å². The number of hydrogen-bond donors (Lipinski definition) is 2. The summed E-state index contributed by atoms with van der Waals surface area (Å²) in [6, 6.07) is 14.2. The average molecular weight is 620 g/mol. The molecule has 0 aliphatic heterocycles. The van der Waals surface area contributed by atoms with Gasteiger partial charge in [-0.05, 0) is 110 Å². The zero-order valence-corrected chi connectivity index (χ0v) is 25.7. The van der Waals surface area contributed by atoms with Crippen molar-refractivity contribution in [2.75, 3.05) is 13.2 Å². The van der Waals surface area contributed by atoms with E-state index in [0.717, 1.165) is 22.4 Å². The molecular weight excluding hydrogens is 585 g/mol. The Balaban J connectivity index is 1.43. The SMILES string of the molecule is Cc1cc(Cl)cc(C)c1OC/C=C/COc1ccc(C=Cc2ccc(F)c3c(CCCC(=O)O)c(C)n(CC(=O)O)c23)cc1. The monoisotopic (exact) mass is 619 g/mol. The molecule has 0 amide bonds. The molecule has 0 unspecified atom stereocenters. The van der Waals surface area contributed by atoms with Crippen molar-refractivity contribution in [3.05, 3.63) is 105 Å². The Morgan fingerprint density at radius 1 is 0.909 bits per heavy atom. The van der Waals surface area contributed by atoms with Gasteiger partial charge in [0.2, 0.25) is 0 Å². The fourth-order valence-corrected chi connectivity index (χ4v) is 5.59. The van der Waals surface area contributed by atoms with Crippen molar-refractivity contribution in [2.45, 2.75) is 46.6 Å². The first-order chi connectivity index (χ1) is 21.0. The van der Waals surface area contributed by atoms with E-state index in [9.17, 15) is 14.7 Å². The molecule has 1 aromatic heterocycles. The van der Waals surface area contributed by atoms with Crippen molar-refractivity contribution < 1.29 is 33.7 Å². The highest BCUT2D eigenvalue weighted by Crippen LogP contribution is 2.33. The number of aliphatic carboxylic acids is 2. The molecule has 7 nitrogen and oxygen atoms in total. The first-order valence-corrected chi connectivity index (χ1v) is 14.6. The smallest absolute Gasteiger partial charge is 0.323 e. The standard InChI is InChI=1S/C35H35ClFNO6/c1-22-19-27(36)20-23(2)35(22)44-18-5-4-17-43-28-14-10-25(11-15-28)9-12-26-13-16-30(37)33-29(7-6-8-31(39)40)24(3)38(34(26)33)21-32(41)42/h4-5,9-16,19-20H,6-8,17-18,21H2,1-3H3,(H,39,40)(H,41,42)/b5-4+,12-9?. The Morgan fingerprint density at radius 3 is 2.20 bits per heavy atom. The fraction of sp³-hybridized carbons (Fsp3) is 0.257. The van der Waals surface area contributed by atoms with Gasteiger partial charge >= 0.3 is 11.9 Å². The van der Waals surface area contributed by atoms with Crippen LogP contribution in [0.1, 0.15) is 46.4 Å². The van der Waals surface area contributed by atoms with Gasteiger partial charge in [-0.25, -0.2) is 4.39 Å². The largest absolute Gasteiger partial charge is 0.490 e. The first kappa shape index (κ1) is 32.4. The van der Waals surface area contributed by atoms with Crippen LogP contribution in [-0.4, -0.2) is 39.9 Å². The molecule has 2 N–H and O–H groups in total. The van der Waals surface area contributed by atoms with Gasteiger partial charge in [-0.15, -0.1) is 0 Å². The second-order valence-electron chi connectivity index (χ2n) is 10.5. The van der Waals surface area contributed by atoms with E-state index in [1.165, 1.54) is 6.07 Å². The van der Waals surface area contributed by atoms with Crippen LogP contribution in [-0.2, 0) is 22.6 Å². The molecule has 0 spiro atoms. The summed E-state index contributed by atoms with van der Waals surface area (Å²) in [5.74, 6) is -0.929. The number of aryl methyl sites for hydroxylation is 3. The molecule has 4 aromatic rings. The molecule has 0 aliphatic carbocycles. The predicted molar refractivity (Wildman–Crippen MR) is 171 cm³/mol. The Labute approximate surface area is 260 Å². The molecule has 4 rings (SSSR count).